The summed E-state index contributed by atoms with van der Waals surface area (Å²) in [5.74, 6) is 6.29. The van der Waals surface area contributed by atoms with E-state index in [4.69, 9.17) is 10.7 Å². The average molecular weight is 271 g/mol. The Bertz CT molecular complexity index is 515. The number of nitrogens with two attached hydrogens (primary N) is 1. The van der Waals surface area contributed by atoms with E-state index in [0.717, 1.165) is 41.9 Å². The van der Waals surface area contributed by atoms with Crippen molar-refractivity contribution in [2.45, 2.75) is 51.5 Å². The summed E-state index contributed by atoms with van der Waals surface area (Å²) in [5, 5.41) is 0. The van der Waals surface area contributed by atoms with Crippen LogP contribution >= 0.6 is 0 Å². The van der Waals surface area contributed by atoms with Crippen LogP contribution < -0.4 is 5.73 Å². The standard InChI is InChI=1S/C17H25N3/c1-3-4-20-10(2)19-16(17(20)18)15-13-6-11-5-12(8-13)9-14(15)7-11/h3,11-15H,1,4-9,18H2,2H3. The van der Waals surface area contributed by atoms with Crippen LogP contribution in [0.4, 0.5) is 5.82 Å². The molecule has 0 unspecified atom stereocenters. The third-order valence-corrected chi connectivity index (χ3v) is 6.08. The molecule has 2 N–H and O–H groups in total. The average Bonchev–Trinajstić information content (AvgIpc) is 2.66. The van der Waals surface area contributed by atoms with Gasteiger partial charge in [-0.1, -0.05) is 6.08 Å². The highest BCUT2D eigenvalue weighted by Crippen LogP contribution is 2.60. The summed E-state index contributed by atoms with van der Waals surface area (Å²) < 4.78 is 2.12. The Balaban J connectivity index is 1.71. The van der Waals surface area contributed by atoms with Gasteiger partial charge in [0.05, 0.1) is 5.69 Å². The maximum absolute atomic E-state index is 6.42. The first-order valence-corrected chi connectivity index (χ1v) is 8.10. The first-order valence-electron chi connectivity index (χ1n) is 8.10. The molecule has 5 rings (SSSR count). The molecule has 3 heteroatoms. The second kappa shape index (κ2) is 4.37. The molecule has 0 atom stereocenters. The number of nitrogens with zero attached hydrogens (tertiary/aromatic N) is 2. The third-order valence-electron chi connectivity index (χ3n) is 6.08. The Morgan fingerprint density at radius 2 is 1.80 bits per heavy atom. The van der Waals surface area contributed by atoms with Crippen molar-refractivity contribution in [3.63, 3.8) is 0 Å². The van der Waals surface area contributed by atoms with Crippen molar-refractivity contribution in [2.75, 3.05) is 5.73 Å². The number of allylic oxidation sites excluding steroid dienone is 1. The van der Waals surface area contributed by atoms with Gasteiger partial charge in [0.25, 0.3) is 0 Å². The molecule has 0 aliphatic heterocycles. The van der Waals surface area contributed by atoms with Crippen molar-refractivity contribution in [2.24, 2.45) is 23.7 Å². The molecular formula is C17H25N3. The van der Waals surface area contributed by atoms with E-state index in [2.05, 4.69) is 18.1 Å². The number of hydrogen-bond acceptors (Lipinski definition) is 2. The molecule has 0 saturated heterocycles. The maximum atomic E-state index is 6.42. The van der Waals surface area contributed by atoms with Gasteiger partial charge in [0, 0.05) is 12.5 Å². The maximum Gasteiger partial charge on any atom is 0.127 e. The highest BCUT2D eigenvalue weighted by atomic mass is 15.1. The van der Waals surface area contributed by atoms with Gasteiger partial charge in [0.15, 0.2) is 0 Å². The van der Waals surface area contributed by atoms with Gasteiger partial charge in [-0.15, -0.1) is 6.58 Å². The molecule has 108 valence electrons. The lowest BCUT2D eigenvalue weighted by atomic mass is 9.51. The molecule has 4 aliphatic carbocycles. The molecule has 1 aromatic rings. The summed E-state index contributed by atoms with van der Waals surface area (Å²) in [6.45, 7) is 6.67. The number of hydrogen-bond donors (Lipinski definition) is 1. The largest absolute Gasteiger partial charge is 0.384 e. The van der Waals surface area contributed by atoms with Crippen LogP contribution in [0.15, 0.2) is 12.7 Å². The Labute approximate surface area is 121 Å². The normalized spacial score (nSPS) is 38.4. The summed E-state index contributed by atoms with van der Waals surface area (Å²) in [7, 11) is 0. The molecule has 20 heavy (non-hydrogen) atoms. The first kappa shape index (κ1) is 12.5. The molecule has 0 spiro atoms. The molecule has 4 aliphatic rings. The van der Waals surface area contributed by atoms with Gasteiger partial charge < -0.3 is 10.3 Å². The summed E-state index contributed by atoms with van der Waals surface area (Å²) >= 11 is 0. The van der Waals surface area contributed by atoms with Crippen LogP contribution in [-0.4, -0.2) is 9.55 Å². The summed E-state index contributed by atoms with van der Waals surface area (Å²) in [6.07, 6.45) is 9.09. The number of aryl methyl sites for hydroxylation is 1. The number of anilines is 1. The fourth-order valence-corrected chi connectivity index (χ4v) is 5.58. The Morgan fingerprint density at radius 3 is 2.35 bits per heavy atom. The van der Waals surface area contributed by atoms with Crippen molar-refractivity contribution in [1.29, 1.82) is 0 Å². The summed E-state index contributed by atoms with van der Waals surface area (Å²) in [5.41, 5.74) is 7.63. The van der Waals surface area contributed by atoms with E-state index in [0.29, 0.717) is 5.92 Å². The summed E-state index contributed by atoms with van der Waals surface area (Å²) in [6, 6.07) is 0. The molecule has 4 saturated carbocycles. The minimum Gasteiger partial charge on any atom is -0.384 e. The molecule has 0 amide bonds. The predicted octanol–water partition coefficient (Wildman–Crippen LogP) is 3.50. The second-order valence-corrected chi connectivity index (χ2v) is 7.29. The van der Waals surface area contributed by atoms with Crippen LogP contribution in [0.3, 0.4) is 0 Å². The summed E-state index contributed by atoms with van der Waals surface area (Å²) in [4.78, 5) is 4.87. The number of imidazole rings is 1. The topological polar surface area (TPSA) is 43.8 Å². The van der Waals surface area contributed by atoms with Crippen molar-refractivity contribution in [3.05, 3.63) is 24.2 Å². The molecule has 4 fully saturated rings. The minimum atomic E-state index is 0.632. The zero-order valence-electron chi connectivity index (χ0n) is 12.4. The van der Waals surface area contributed by atoms with Crippen molar-refractivity contribution < 1.29 is 0 Å². The number of aromatic nitrogens is 2. The van der Waals surface area contributed by atoms with E-state index >= 15 is 0 Å². The quantitative estimate of drug-likeness (QED) is 0.855. The van der Waals surface area contributed by atoms with Crippen LogP contribution in [0.5, 0.6) is 0 Å². The SMILES string of the molecule is C=CCn1c(C)nc(C2C3CC4CC(C3)CC2C4)c1N. The first-order chi connectivity index (χ1) is 9.67. The van der Waals surface area contributed by atoms with Gasteiger partial charge in [0.2, 0.25) is 0 Å². The Morgan fingerprint density at radius 1 is 1.20 bits per heavy atom. The van der Waals surface area contributed by atoms with E-state index in [1.54, 1.807) is 0 Å². The minimum absolute atomic E-state index is 0.632. The molecule has 0 radical (unpaired) electrons. The van der Waals surface area contributed by atoms with Crippen LogP contribution in [0.2, 0.25) is 0 Å². The van der Waals surface area contributed by atoms with E-state index in [1.807, 2.05) is 6.08 Å². The van der Waals surface area contributed by atoms with Crippen molar-refractivity contribution in [3.8, 4) is 0 Å². The highest BCUT2D eigenvalue weighted by molar-refractivity contribution is 5.42. The lowest BCUT2D eigenvalue weighted by molar-refractivity contribution is -0.00381. The third kappa shape index (κ3) is 1.68. The van der Waals surface area contributed by atoms with E-state index in [9.17, 15) is 0 Å². The van der Waals surface area contributed by atoms with Gasteiger partial charge >= 0.3 is 0 Å². The van der Waals surface area contributed by atoms with E-state index < -0.39 is 0 Å². The number of rotatable bonds is 3. The fraction of sp³-hybridized carbons (Fsp3) is 0.706. The molecule has 1 heterocycles. The molecule has 3 nitrogen and oxygen atoms in total. The lowest BCUT2D eigenvalue weighted by Crippen LogP contribution is -2.44. The lowest BCUT2D eigenvalue weighted by Gasteiger charge is -2.54. The Kier molecular flexibility index (Phi) is 2.73. The van der Waals surface area contributed by atoms with E-state index in [-0.39, 0.29) is 0 Å². The van der Waals surface area contributed by atoms with Crippen molar-refractivity contribution in [1.82, 2.24) is 9.55 Å². The van der Waals surface area contributed by atoms with Gasteiger partial charge in [-0.3, -0.25) is 0 Å². The van der Waals surface area contributed by atoms with Crippen molar-refractivity contribution >= 4 is 5.82 Å². The fourth-order valence-electron chi connectivity index (χ4n) is 5.58. The van der Waals surface area contributed by atoms with Gasteiger partial charge in [-0.05, 0) is 62.7 Å². The van der Waals surface area contributed by atoms with Gasteiger partial charge in [0.1, 0.15) is 11.6 Å². The second-order valence-electron chi connectivity index (χ2n) is 7.29. The highest BCUT2D eigenvalue weighted by Gasteiger charge is 2.50. The van der Waals surface area contributed by atoms with Crippen LogP contribution in [-0.2, 0) is 6.54 Å². The van der Waals surface area contributed by atoms with Gasteiger partial charge in [-0.2, -0.15) is 0 Å². The molecule has 4 bridgehead atoms. The zero-order valence-corrected chi connectivity index (χ0v) is 12.4. The predicted molar refractivity (Wildman–Crippen MR) is 81.4 cm³/mol. The monoisotopic (exact) mass is 271 g/mol. The zero-order chi connectivity index (χ0) is 13.9. The smallest absolute Gasteiger partial charge is 0.127 e. The molecular weight excluding hydrogens is 246 g/mol. The van der Waals surface area contributed by atoms with Crippen LogP contribution in [0.1, 0.15) is 49.5 Å². The number of nitrogen functional groups attached to an aromatic ring is 1. The van der Waals surface area contributed by atoms with Gasteiger partial charge in [-0.25, -0.2) is 4.98 Å². The molecule has 0 aromatic carbocycles. The molecule has 1 aromatic heterocycles. The van der Waals surface area contributed by atoms with Crippen LogP contribution in [0.25, 0.3) is 0 Å². The van der Waals surface area contributed by atoms with E-state index in [1.165, 1.54) is 37.8 Å². The van der Waals surface area contributed by atoms with Crippen LogP contribution in [0, 0.1) is 30.6 Å². The Hall–Kier alpha value is -1.25.